The van der Waals surface area contributed by atoms with E-state index in [1.54, 1.807) is 0 Å². The van der Waals surface area contributed by atoms with Crippen LogP contribution < -0.4 is 5.32 Å². The van der Waals surface area contributed by atoms with Gasteiger partial charge in [0, 0.05) is 6.04 Å². The standard InChI is InChI=1S/C12H16FN/c13-9-10-4-6-11(7-5-10)12-3-1-2-8-14-12/h4-7,12,14H,1-3,8-9H2. The number of nitrogens with one attached hydrogen (secondary N) is 1. The Balaban J connectivity index is 2.07. The molecule has 0 saturated carbocycles. The third kappa shape index (κ3) is 2.13. The molecule has 0 radical (unpaired) electrons. The molecular formula is C12H16FN. The zero-order chi connectivity index (χ0) is 9.80. The summed E-state index contributed by atoms with van der Waals surface area (Å²) in [6.07, 6.45) is 3.77. The van der Waals surface area contributed by atoms with Gasteiger partial charge in [-0.3, -0.25) is 0 Å². The van der Waals surface area contributed by atoms with Crippen LogP contribution in [0.5, 0.6) is 0 Å². The van der Waals surface area contributed by atoms with Crippen LogP contribution in [0.15, 0.2) is 24.3 Å². The summed E-state index contributed by atoms with van der Waals surface area (Å²) in [6.45, 7) is 0.744. The third-order valence-electron chi connectivity index (χ3n) is 2.85. The second-order valence-corrected chi connectivity index (χ2v) is 3.88. The Morgan fingerprint density at radius 2 is 2.00 bits per heavy atom. The normalized spacial score (nSPS) is 22.2. The molecule has 1 N–H and O–H groups in total. The second-order valence-electron chi connectivity index (χ2n) is 3.88. The molecule has 1 heterocycles. The van der Waals surface area contributed by atoms with E-state index in [1.165, 1.54) is 24.8 Å². The first-order valence-corrected chi connectivity index (χ1v) is 5.28. The van der Waals surface area contributed by atoms with E-state index >= 15 is 0 Å². The zero-order valence-corrected chi connectivity index (χ0v) is 8.30. The fourth-order valence-electron chi connectivity index (χ4n) is 1.98. The van der Waals surface area contributed by atoms with Crippen molar-refractivity contribution in [2.24, 2.45) is 0 Å². The van der Waals surface area contributed by atoms with Gasteiger partial charge in [0.15, 0.2) is 0 Å². The number of hydrogen-bond donors (Lipinski definition) is 1. The summed E-state index contributed by atoms with van der Waals surface area (Å²) >= 11 is 0. The lowest BCUT2D eigenvalue weighted by molar-refractivity contribution is 0.412. The smallest absolute Gasteiger partial charge is 0.115 e. The van der Waals surface area contributed by atoms with Gasteiger partial charge in [0.25, 0.3) is 0 Å². The molecule has 0 aliphatic carbocycles. The molecule has 0 bridgehead atoms. The Morgan fingerprint density at radius 3 is 2.57 bits per heavy atom. The van der Waals surface area contributed by atoms with Gasteiger partial charge in [0.1, 0.15) is 6.67 Å². The lowest BCUT2D eigenvalue weighted by Gasteiger charge is -2.23. The van der Waals surface area contributed by atoms with E-state index in [4.69, 9.17) is 0 Å². The van der Waals surface area contributed by atoms with E-state index in [0.29, 0.717) is 6.04 Å². The predicted molar refractivity (Wildman–Crippen MR) is 55.8 cm³/mol. The zero-order valence-electron chi connectivity index (χ0n) is 8.30. The van der Waals surface area contributed by atoms with E-state index in [1.807, 2.05) is 24.3 Å². The van der Waals surface area contributed by atoms with Gasteiger partial charge in [-0.2, -0.15) is 0 Å². The first-order chi connectivity index (χ1) is 6.90. The van der Waals surface area contributed by atoms with Crippen molar-refractivity contribution in [1.82, 2.24) is 5.32 Å². The highest BCUT2D eigenvalue weighted by Crippen LogP contribution is 2.23. The minimum absolute atomic E-state index is 0.363. The highest BCUT2D eigenvalue weighted by Gasteiger charge is 2.13. The van der Waals surface area contributed by atoms with Crippen molar-refractivity contribution in [3.63, 3.8) is 0 Å². The number of rotatable bonds is 2. The van der Waals surface area contributed by atoms with E-state index < -0.39 is 0 Å². The van der Waals surface area contributed by atoms with Crippen molar-refractivity contribution >= 4 is 0 Å². The lowest BCUT2D eigenvalue weighted by atomic mass is 9.97. The van der Waals surface area contributed by atoms with E-state index in [9.17, 15) is 4.39 Å². The van der Waals surface area contributed by atoms with Crippen LogP contribution in [0.1, 0.15) is 36.4 Å². The van der Waals surface area contributed by atoms with Crippen LogP contribution >= 0.6 is 0 Å². The molecule has 2 heteroatoms. The van der Waals surface area contributed by atoms with Crippen molar-refractivity contribution < 1.29 is 4.39 Å². The fraction of sp³-hybridized carbons (Fsp3) is 0.500. The average molecular weight is 193 g/mol. The van der Waals surface area contributed by atoms with E-state index in [2.05, 4.69) is 5.32 Å². The van der Waals surface area contributed by atoms with Gasteiger partial charge in [-0.15, -0.1) is 0 Å². The number of piperidine rings is 1. The van der Waals surface area contributed by atoms with Crippen LogP contribution in [0.4, 0.5) is 4.39 Å². The molecule has 1 aromatic carbocycles. The molecule has 0 amide bonds. The van der Waals surface area contributed by atoms with Gasteiger partial charge in [0.2, 0.25) is 0 Å². The molecule has 1 saturated heterocycles. The monoisotopic (exact) mass is 193 g/mol. The summed E-state index contributed by atoms with van der Waals surface area (Å²) in [6, 6.07) is 8.32. The molecule has 1 aromatic rings. The fourth-order valence-corrected chi connectivity index (χ4v) is 1.98. The van der Waals surface area contributed by atoms with Gasteiger partial charge in [-0.25, -0.2) is 4.39 Å². The van der Waals surface area contributed by atoms with E-state index in [-0.39, 0.29) is 6.67 Å². The minimum Gasteiger partial charge on any atom is -0.310 e. The second kappa shape index (κ2) is 4.56. The molecule has 1 nitrogen and oxygen atoms in total. The molecular weight excluding hydrogens is 177 g/mol. The summed E-state index contributed by atoms with van der Waals surface area (Å²) in [5.74, 6) is 0. The van der Waals surface area contributed by atoms with E-state index in [0.717, 1.165) is 12.1 Å². The van der Waals surface area contributed by atoms with Gasteiger partial charge in [-0.1, -0.05) is 30.7 Å². The molecule has 2 rings (SSSR count). The first kappa shape index (κ1) is 9.66. The van der Waals surface area contributed by atoms with Crippen LogP contribution in [0.3, 0.4) is 0 Å². The number of benzene rings is 1. The van der Waals surface area contributed by atoms with Gasteiger partial charge < -0.3 is 5.32 Å². The maximum Gasteiger partial charge on any atom is 0.115 e. The Kier molecular flexibility index (Phi) is 3.14. The average Bonchev–Trinajstić information content (AvgIpc) is 2.30. The maximum atomic E-state index is 12.3. The predicted octanol–water partition coefficient (Wildman–Crippen LogP) is 2.97. The van der Waals surface area contributed by atoms with Crippen molar-refractivity contribution in [2.75, 3.05) is 6.54 Å². The van der Waals surface area contributed by atoms with Crippen LogP contribution in [0, 0.1) is 0 Å². The van der Waals surface area contributed by atoms with Gasteiger partial charge >= 0.3 is 0 Å². The summed E-state index contributed by atoms with van der Waals surface area (Å²) in [5, 5.41) is 3.48. The SMILES string of the molecule is FCc1ccc(C2CCCCN2)cc1. The summed E-state index contributed by atoms with van der Waals surface area (Å²) in [7, 11) is 0. The van der Waals surface area contributed by atoms with Crippen LogP contribution in [-0.4, -0.2) is 6.54 Å². The highest BCUT2D eigenvalue weighted by atomic mass is 19.1. The molecule has 1 aliphatic heterocycles. The highest BCUT2D eigenvalue weighted by molar-refractivity contribution is 5.24. The van der Waals surface area contributed by atoms with Crippen LogP contribution in [-0.2, 0) is 6.67 Å². The van der Waals surface area contributed by atoms with Crippen molar-refractivity contribution in [1.29, 1.82) is 0 Å². The minimum atomic E-state index is -0.363. The molecule has 1 unspecified atom stereocenters. The molecule has 1 fully saturated rings. The number of alkyl halides is 1. The van der Waals surface area contributed by atoms with Gasteiger partial charge in [0.05, 0.1) is 0 Å². The Bertz CT molecular complexity index is 275. The largest absolute Gasteiger partial charge is 0.310 e. The Hall–Kier alpha value is -0.890. The molecule has 0 aromatic heterocycles. The molecule has 1 atom stereocenters. The molecule has 76 valence electrons. The van der Waals surface area contributed by atoms with Crippen molar-refractivity contribution in [3.05, 3.63) is 35.4 Å². The number of halogens is 1. The first-order valence-electron chi connectivity index (χ1n) is 5.28. The van der Waals surface area contributed by atoms with Crippen LogP contribution in [0.2, 0.25) is 0 Å². The lowest BCUT2D eigenvalue weighted by Crippen LogP contribution is -2.26. The topological polar surface area (TPSA) is 12.0 Å². The summed E-state index contributed by atoms with van der Waals surface area (Å²) in [5.41, 5.74) is 2.06. The summed E-state index contributed by atoms with van der Waals surface area (Å²) in [4.78, 5) is 0. The molecule has 0 spiro atoms. The molecule has 14 heavy (non-hydrogen) atoms. The van der Waals surface area contributed by atoms with Crippen molar-refractivity contribution in [2.45, 2.75) is 32.0 Å². The number of hydrogen-bond acceptors (Lipinski definition) is 1. The Labute approximate surface area is 84.3 Å². The molecule has 1 aliphatic rings. The summed E-state index contributed by atoms with van der Waals surface area (Å²) < 4.78 is 12.3. The van der Waals surface area contributed by atoms with Crippen LogP contribution in [0.25, 0.3) is 0 Å². The van der Waals surface area contributed by atoms with Gasteiger partial charge in [-0.05, 0) is 30.5 Å². The van der Waals surface area contributed by atoms with Crippen molar-refractivity contribution in [3.8, 4) is 0 Å². The Morgan fingerprint density at radius 1 is 1.21 bits per heavy atom. The quantitative estimate of drug-likeness (QED) is 0.761. The maximum absolute atomic E-state index is 12.3. The third-order valence-corrected chi connectivity index (χ3v) is 2.85.